The van der Waals surface area contributed by atoms with Crippen LogP contribution in [-0.2, 0) is 6.54 Å². The Bertz CT molecular complexity index is 1280. The lowest BCUT2D eigenvalue weighted by molar-refractivity contribution is 0.0697. The lowest BCUT2D eigenvalue weighted by Crippen LogP contribution is -2.31. The van der Waals surface area contributed by atoms with Gasteiger partial charge in [0.25, 0.3) is 0 Å². The topological polar surface area (TPSA) is 57.5 Å². The number of carboxylic acid groups (broad SMARTS) is 1. The van der Waals surface area contributed by atoms with E-state index in [1.807, 2.05) is 6.07 Å². The van der Waals surface area contributed by atoms with Crippen LogP contribution < -0.4 is 5.32 Å². The number of alkyl halides is 1. The lowest BCUT2D eigenvalue weighted by Gasteiger charge is -2.31. The fourth-order valence-corrected chi connectivity index (χ4v) is 6.33. The van der Waals surface area contributed by atoms with Gasteiger partial charge in [0.15, 0.2) is 0 Å². The molecule has 198 valence electrons. The number of aromatic nitrogens is 1. The molecule has 2 N–H and O–H groups in total. The molecule has 7 heteroatoms. The van der Waals surface area contributed by atoms with E-state index < -0.39 is 12.1 Å². The minimum absolute atomic E-state index is 0.126. The van der Waals surface area contributed by atoms with E-state index >= 15 is 4.39 Å². The van der Waals surface area contributed by atoms with Crippen molar-refractivity contribution in [2.75, 3.05) is 25.0 Å². The number of aromatic carboxylic acids is 1. The van der Waals surface area contributed by atoms with Crippen LogP contribution >= 0.6 is 0 Å². The standard InChI is InChI=1S/C30H37F2N3O2/c1-3-34(4-2)15-13-21-14-16-35-27-17-19(30(36)37)9-11-24(27)28(22-7-5-6-8-25(22)32)29(35)23-12-10-20(31)18-26(23)33-21/h9-12,17-18,21-22,25,33H,3-8,13-16H2,1-2H3,(H,36,37)/t21?,22?,25-/m0/s1. The summed E-state index contributed by atoms with van der Waals surface area (Å²) in [6, 6.07) is 10.1. The third-order valence-electron chi connectivity index (χ3n) is 8.39. The first-order chi connectivity index (χ1) is 17.9. The maximum absolute atomic E-state index is 15.5. The summed E-state index contributed by atoms with van der Waals surface area (Å²) >= 11 is 0. The van der Waals surface area contributed by atoms with Crippen molar-refractivity contribution >= 4 is 22.6 Å². The average molecular weight is 510 g/mol. The number of benzene rings is 2. The van der Waals surface area contributed by atoms with Crippen LogP contribution in [0.2, 0.25) is 0 Å². The average Bonchev–Trinajstić information content (AvgIpc) is 3.19. The van der Waals surface area contributed by atoms with Gasteiger partial charge in [0, 0.05) is 47.2 Å². The van der Waals surface area contributed by atoms with Crippen LogP contribution in [0, 0.1) is 5.82 Å². The number of carboxylic acids is 1. The zero-order valence-electron chi connectivity index (χ0n) is 21.8. The molecule has 1 aromatic heterocycles. The van der Waals surface area contributed by atoms with Crippen LogP contribution in [-0.4, -0.2) is 52.4 Å². The molecule has 0 bridgehead atoms. The van der Waals surface area contributed by atoms with Gasteiger partial charge < -0.3 is 19.9 Å². The highest BCUT2D eigenvalue weighted by Gasteiger charge is 2.34. The van der Waals surface area contributed by atoms with Gasteiger partial charge in [-0.3, -0.25) is 0 Å². The van der Waals surface area contributed by atoms with Crippen molar-refractivity contribution < 1.29 is 18.7 Å². The highest BCUT2D eigenvalue weighted by molar-refractivity contribution is 5.99. The molecule has 37 heavy (non-hydrogen) atoms. The summed E-state index contributed by atoms with van der Waals surface area (Å²) in [6.07, 6.45) is 3.89. The Labute approximate surface area is 217 Å². The predicted octanol–water partition coefficient (Wildman–Crippen LogP) is 7.06. The van der Waals surface area contributed by atoms with Gasteiger partial charge in [-0.15, -0.1) is 0 Å². The van der Waals surface area contributed by atoms with Gasteiger partial charge in [-0.2, -0.15) is 0 Å². The van der Waals surface area contributed by atoms with Crippen LogP contribution in [0.25, 0.3) is 22.2 Å². The maximum atomic E-state index is 15.5. The van der Waals surface area contributed by atoms with Crippen molar-refractivity contribution in [2.24, 2.45) is 0 Å². The molecule has 2 unspecified atom stereocenters. The Morgan fingerprint density at radius 2 is 1.89 bits per heavy atom. The van der Waals surface area contributed by atoms with E-state index in [1.54, 1.807) is 24.3 Å². The van der Waals surface area contributed by atoms with Crippen molar-refractivity contribution in [1.29, 1.82) is 0 Å². The second kappa shape index (κ2) is 10.8. The normalized spacial score (nSPS) is 21.7. The van der Waals surface area contributed by atoms with E-state index in [0.29, 0.717) is 13.0 Å². The monoisotopic (exact) mass is 509 g/mol. The maximum Gasteiger partial charge on any atom is 0.335 e. The summed E-state index contributed by atoms with van der Waals surface area (Å²) in [5.74, 6) is -1.56. The molecule has 1 aliphatic heterocycles. The first kappa shape index (κ1) is 25.7. The summed E-state index contributed by atoms with van der Waals surface area (Å²) in [7, 11) is 0. The highest BCUT2D eigenvalue weighted by atomic mass is 19.1. The number of hydrogen-bond donors (Lipinski definition) is 2. The molecule has 0 amide bonds. The van der Waals surface area contributed by atoms with Crippen molar-refractivity contribution in [3.05, 3.63) is 53.3 Å². The number of fused-ring (bicyclic) bond motifs is 5. The number of aryl methyl sites for hydroxylation is 1. The number of halogens is 2. The fourth-order valence-electron chi connectivity index (χ4n) is 6.33. The van der Waals surface area contributed by atoms with Gasteiger partial charge in [-0.1, -0.05) is 32.8 Å². The van der Waals surface area contributed by atoms with Crippen molar-refractivity contribution in [3.8, 4) is 11.3 Å². The lowest BCUT2D eigenvalue weighted by atomic mass is 9.80. The fraction of sp³-hybridized carbons (Fsp3) is 0.500. The highest BCUT2D eigenvalue weighted by Crippen LogP contribution is 2.47. The number of rotatable bonds is 7. The summed E-state index contributed by atoms with van der Waals surface area (Å²) in [5.41, 5.74) is 4.46. The van der Waals surface area contributed by atoms with Gasteiger partial charge in [-0.25, -0.2) is 13.6 Å². The first-order valence-corrected chi connectivity index (χ1v) is 13.7. The van der Waals surface area contributed by atoms with Crippen LogP contribution in [0.15, 0.2) is 36.4 Å². The zero-order chi connectivity index (χ0) is 26.1. The van der Waals surface area contributed by atoms with Crippen LogP contribution in [0.5, 0.6) is 0 Å². The summed E-state index contributed by atoms with van der Waals surface area (Å²) in [5, 5.41) is 14.3. The largest absolute Gasteiger partial charge is 0.478 e. The van der Waals surface area contributed by atoms with E-state index in [2.05, 4.69) is 28.6 Å². The summed E-state index contributed by atoms with van der Waals surface area (Å²) < 4.78 is 32.2. The molecule has 2 aromatic carbocycles. The smallest absolute Gasteiger partial charge is 0.335 e. The van der Waals surface area contributed by atoms with E-state index in [0.717, 1.165) is 85.1 Å². The van der Waals surface area contributed by atoms with Gasteiger partial charge in [-0.05, 0) is 74.7 Å². The zero-order valence-corrected chi connectivity index (χ0v) is 21.8. The Kier molecular flexibility index (Phi) is 7.52. The number of nitrogens with zero attached hydrogens (tertiary/aromatic N) is 2. The van der Waals surface area contributed by atoms with Gasteiger partial charge in [0.1, 0.15) is 12.0 Å². The van der Waals surface area contributed by atoms with E-state index in [1.165, 1.54) is 6.07 Å². The Morgan fingerprint density at radius 1 is 1.11 bits per heavy atom. The van der Waals surface area contributed by atoms with E-state index in [9.17, 15) is 14.3 Å². The van der Waals surface area contributed by atoms with Crippen molar-refractivity contribution in [2.45, 2.75) is 77.0 Å². The van der Waals surface area contributed by atoms with E-state index in [4.69, 9.17) is 0 Å². The molecule has 1 saturated carbocycles. The second-order valence-corrected chi connectivity index (χ2v) is 10.5. The molecule has 0 spiro atoms. The molecule has 5 rings (SSSR count). The van der Waals surface area contributed by atoms with Gasteiger partial charge in [0.05, 0.1) is 11.3 Å². The molecule has 3 atom stereocenters. The third kappa shape index (κ3) is 4.98. The quantitative estimate of drug-likeness (QED) is 0.358. The second-order valence-electron chi connectivity index (χ2n) is 10.5. The Hall–Kier alpha value is -2.93. The van der Waals surface area contributed by atoms with Gasteiger partial charge >= 0.3 is 5.97 Å². The Balaban J connectivity index is 1.69. The molecule has 2 heterocycles. The third-order valence-corrected chi connectivity index (χ3v) is 8.39. The van der Waals surface area contributed by atoms with E-state index in [-0.39, 0.29) is 23.3 Å². The molecule has 0 radical (unpaired) electrons. The van der Waals surface area contributed by atoms with Crippen LogP contribution in [0.3, 0.4) is 0 Å². The summed E-state index contributed by atoms with van der Waals surface area (Å²) in [6.45, 7) is 7.88. The minimum atomic E-state index is -0.980. The van der Waals surface area contributed by atoms with Crippen LogP contribution in [0.4, 0.5) is 14.5 Å². The summed E-state index contributed by atoms with van der Waals surface area (Å²) in [4.78, 5) is 14.2. The van der Waals surface area contributed by atoms with Gasteiger partial charge in [0.2, 0.25) is 0 Å². The molecule has 2 aliphatic rings. The first-order valence-electron chi connectivity index (χ1n) is 13.7. The van der Waals surface area contributed by atoms with Crippen molar-refractivity contribution in [1.82, 2.24) is 9.47 Å². The number of anilines is 1. The number of nitrogens with one attached hydrogen (secondary N) is 1. The van der Waals surface area contributed by atoms with Crippen molar-refractivity contribution in [3.63, 3.8) is 0 Å². The molecule has 1 aliphatic carbocycles. The Morgan fingerprint density at radius 3 is 2.62 bits per heavy atom. The van der Waals surface area contributed by atoms with Crippen LogP contribution in [0.1, 0.15) is 74.2 Å². The molecule has 1 fully saturated rings. The molecule has 3 aromatic rings. The molecular weight excluding hydrogens is 472 g/mol. The number of hydrogen-bond acceptors (Lipinski definition) is 3. The molecule has 5 nitrogen and oxygen atoms in total. The SMILES string of the molecule is CCN(CC)CCC1CCn2c(c(C3CCCC[C@@H]3F)c3ccc(C(=O)O)cc32)-c2ccc(F)cc2N1. The molecular formula is C30H37F2N3O2. The number of carbonyl (C=O) groups is 1. The molecule has 0 saturated heterocycles. The minimum Gasteiger partial charge on any atom is -0.478 e. The predicted molar refractivity (Wildman–Crippen MR) is 145 cm³/mol.